The summed E-state index contributed by atoms with van der Waals surface area (Å²) in [6.07, 6.45) is 4.69. The first-order valence-electron chi connectivity index (χ1n) is 5.83. The van der Waals surface area contributed by atoms with Crippen LogP contribution in [-0.2, 0) is 10.0 Å². The van der Waals surface area contributed by atoms with Crippen molar-refractivity contribution in [1.29, 1.82) is 0 Å². The van der Waals surface area contributed by atoms with Crippen LogP contribution in [-0.4, -0.2) is 15.0 Å². The van der Waals surface area contributed by atoms with Gasteiger partial charge >= 0.3 is 0 Å². The molecule has 94 valence electrons. The Morgan fingerprint density at radius 2 is 1.76 bits per heavy atom. The van der Waals surface area contributed by atoms with Gasteiger partial charge in [-0.05, 0) is 43.0 Å². The Labute approximate surface area is 107 Å². The molecule has 0 heterocycles. The zero-order chi connectivity index (χ0) is 12.3. The van der Waals surface area contributed by atoms with Crippen LogP contribution in [0.2, 0.25) is 5.02 Å². The molecule has 5 heteroatoms. The van der Waals surface area contributed by atoms with Gasteiger partial charge in [-0.3, -0.25) is 0 Å². The molecule has 0 aliphatic heterocycles. The third-order valence-electron chi connectivity index (χ3n) is 3.16. The summed E-state index contributed by atoms with van der Waals surface area (Å²) in [5.74, 6) is 0.497. The maximum atomic E-state index is 11.9. The van der Waals surface area contributed by atoms with Crippen LogP contribution in [0.3, 0.4) is 0 Å². The molecule has 1 aromatic carbocycles. The second kappa shape index (κ2) is 5.38. The zero-order valence-corrected chi connectivity index (χ0v) is 11.1. The highest BCUT2D eigenvalue weighted by atomic mass is 35.5. The van der Waals surface area contributed by atoms with Gasteiger partial charge in [0, 0.05) is 11.6 Å². The Morgan fingerprint density at radius 1 is 1.18 bits per heavy atom. The number of rotatable bonds is 4. The van der Waals surface area contributed by atoms with Crippen molar-refractivity contribution in [2.75, 3.05) is 6.54 Å². The van der Waals surface area contributed by atoms with Gasteiger partial charge in [-0.2, -0.15) is 0 Å². The third-order valence-corrected chi connectivity index (χ3v) is 4.85. The average molecular weight is 274 g/mol. The number of nitrogens with one attached hydrogen (secondary N) is 1. The van der Waals surface area contributed by atoms with E-state index in [9.17, 15) is 8.42 Å². The van der Waals surface area contributed by atoms with Crippen LogP contribution in [0.5, 0.6) is 0 Å². The number of sulfonamides is 1. The lowest BCUT2D eigenvalue weighted by molar-refractivity contribution is 0.519. The molecule has 0 amide bonds. The Balaban J connectivity index is 2.00. The predicted octanol–water partition coefficient (Wildman–Crippen LogP) is 2.81. The van der Waals surface area contributed by atoms with Crippen molar-refractivity contribution in [3.63, 3.8) is 0 Å². The monoisotopic (exact) mass is 273 g/mol. The molecule has 1 fully saturated rings. The van der Waals surface area contributed by atoms with Crippen LogP contribution in [0.1, 0.15) is 25.7 Å². The van der Waals surface area contributed by atoms with Crippen molar-refractivity contribution in [3.8, 4) is 0 Å². The first-order chi connectivity index (χ1) is 8.08. The minimum absolute atomic E-state index is 0.278. The molecule has 1 aliphatic carbocycles. The van der Waals surface area contributed by atoms with E-state index >= 15 is 0 Å². The van der Waals surface area contributed by atoms with Gasteiger partial charge in [0.05, 0.1) is 4.90 Å². The van der Waals surface area contributed by atoms with Crippen molar-refractivity contribution >= 4 is 21.6 Å². The molecule has 0 radical (unpaired) electrons. The Hall–Kier alpha value is -0.580. The van der Waals surface area contributed by atoms with Gasteiger partial charge in [-0.15, -0.1) is 0 Å². The van der Waals surface area contributed by atoms with Crippen LogP contribution in [0.4, 0.5) is 0 Å². The molecule has 1 aromatic rings. The normalized spacial score (nSPS) is 17.5. The number of halogens is 1. The van der Waals surface area contributed by atoms with Crippen molar-refractivity contribution in [2.45, 2.75) is 30.6 Å². The summed E-state index contributed by atoms with van der Waals surface area (Å²) in [4.78, 5) is 0.278. The summed E-state index contributed by atoms with van der Waals surface area (Å²) >= 11 is 5.73. The van der Waals surface area contributed by atoms with E-state index in [2.05, 4.69) is 4.72 Å². The zero-order valence-electron chi connectivity index (χ0n) is 9.52. The molecule has 2 rings (SSSR count). The SMILES string of the molecule is O=S(=O)(NCC1CCCC1)c1ccc(Cl)cc1. The second-order valence-corrected chi connectivity index (χ2v) is 6.66. The molecular weight excluding hydrogens is 258 g/mol. The first-order valence-corrected chi connectivity index (χ1v) is 7.69. The Morgan fingerprint density at radius 3 is 2.35 bits per heavy atom. The fourth-order valence-corrected chi connectivity index (χ4v) is 3.38. The van der Waals surface area contributed by atoms with E-state index in [0.29, 0.717) is 17.5 Å². The van der Waals surface area contributed by atoms with Crippen LogP contribution in [0.15, 0.2) is 29.2 Å². The van der Waals surface area contributed by atoms with Crippen molar-refractivity contribution < 1.29 is 8.42 Å². The molecule has 1 aliphatic rings. The summed E-state index contributed by atoms with van der Waals surface area (Å²) in [6, 6.07) is 6.23. The van der Waals surface area contributed by atoms with Gasteiger partial charge in [0.2, 0.25) is 10.0 Å². The third kappa shape index (κ3) is 3.44. The Kier molecular flexibility index (Phi) is 4.07. The van der Waals surface area contributed by atoms with Crippen LogP contribution in [0.25, 0.3) is 0 Å². The second-order valence-electron chi connectivity index (χ2n) is 4.46. The minimum atomic E-state index is -3.37. The van der Waals surface area contributed by atoms with Crippen LogP contribution in [0, 0.1) is 5.92 Å². The first kappa shape index (κ1) is 12.9. The molecule has 0 aromatic heterocycles. The minimum Gasteiger partial charge on any atom is -0.211 e. The lowest BCUT2D eigenvalue weighted by atomic mass is 10.1. The highest BCUT2D eigenvalue weighted by Gasteiger charge is 2.19. The summed E-state index contributed by atoms with van der Waals surface area (Å²) < 4.78 is 26.6. The van der Waals surface area contributed by atoms with Crippen LogP contribution >= 0.6 is 11.6 Å². The molecule has 1 N–H and O–H groups in total. The topological polar surface area (TPSA) is 46.2 Å². The average Bonchev–Trinajstić information content (AvgIpc) is 2.80. The number of hydrogen-bond donors (Lipinski definition) is 1. The maximum absolute atomic E-state index is 11.9. The molecule has 17 heavy (non-hydrogen) atoms. The van der Waals surface area contributed by atoms with E-state index < -0.39 is 10.0 Å². The summed E-state index contributed by atoms with van der Waals surface area (Å²) in [5, 5.41) is 0.541. The summed E-state index contributed by atoms with van der Waals surface area (Å²) in [5.41, 5.74) is 0. The lowest BCUT2D eigenvalue weighted by Gasteiger charge is -2.11. The van der Waals surface area contributed by atoms with Gasteiger partial charge in [-0.1, -0.05) is 24.4 Å². The standard InChI is InChI=1S/C12H16ClNO2S/c13-11-5-7-12(8-6-11)17(15,16)14-9-10-3-1-2-4-10/h5-8,10,14H,1-4,9H2. The lowest BCUT2D eigenvalue weighted by Crippen LogP contribution is -2.28. The van der Waals surface area contributed by atoms with Gasteiger partial charge in [-0.25, -0.2) is 13.1 Å². The van der Waals surface area contributed by atoms with Crippen molar-refractivity contribution in [1.82, 2.24) is 4.72 Å². The van der Waals surface area contributed by atoms with E-state index in [1.807, 2.05) is 0 Å². The summed E-state index contributed by atoms with van der Waals surface area (Å²) in [7, 11) is -3.37. The van der Waals surface area contributed by atoms with E-state index in [4.69, 9.17) is 11.6 Å². The molecule has 0 unspecified atom stereocenters. The Bertz CT molecular complexity index is 464. The van der Waals surface area contributed by atoms with E-state index in [-0.39, 0.29) is 4.90 Å². The van der Waals surface area contributed by atoms with E-state index in [1.165, 1.54) is 25.0 Å². The molecule has 1 saturated carbocycles. The van der Waals surface area contributed by atoms with Crippen molar-refractivity contribution in [3.05, 3.63) is 29.3 Å². The van der Waals surface area contributed by atoms with Crippen molar-refractivity contribution in [2.24, 2.45) is 5.92 Å². The molecular formula is C12H16ClNO2S. The van der Waals surface area contributed by atoms with E-state index in [1.54, 1.807) is 12.1 Å². The fourth-order valence-electron chi connectivity index (χ4n) is 2.14. The summed E-state index contributed by atoms with van der Waals surface area (Å²) in [6.45, 7) is 0.547. The molecule has 3 nitrogen and oxygen atoms in total. The number of hydrogen-bond acceptors (Lipinski definition) is 2. The molecule has 0 saturated heterocycles. The van der Waals surface area contributed by atoms with Crippen LogP contribution < -0.4 is 4.72 Å². The van der Waals surface area contributed by atoms with Gasteiger partial charge in [0.15, 0.2) is 0 Å². The highest BCUT2D eigenvalue weighted by Crippen LogP contribution is 2.24. The molecule has 0 atom stereocenters. The predicted molar refractivity (Wildman–Crippen MR) is 68.6 cm³/mol. The largest absolute Gasteiger partial charge is 0.240 e. The van der Waals surface area contributed by atoms with Gasteiger partial charge in [0.1, 0.15) is 0 Å². The van der Waals surface area contributed by atoms with Gasteiger partial charge < -0.3 is 0 Å². The molecule has 0 bridgehead atoms. The maximum Gasteiger partial charge on any atom is 0.240 e. The van der Waals surface area contributed by atoms with Gasteiger partial charge in [0.25, 0.3) is 0 Å². The number of benzene rings is 1. The molecule has 0 spiro atoms. The quantitative estimate of drug-likeness (QED) is 0.917. The smallest absolute Gasteiger partial charge is 0.211 e. The highest BCUT2D eigenvalue weighted by molar-refractivity contribution is 7.89. The van der Waals surface area contributed by atoms with E-state index in [0.717, 1.165) is 12.8 Å². The fraction of sp³-hybridized carbons (Fsp3) is 0.500.